The number of amidine groups is 1. The van der Waals surface area contributed by atoms with Crippen LogP contribution < -0.4 is 5.32 Å². The minimum atomic E-state index is -0.0440. The summed E-state index contributed by atoms with van der Waals surface area (Å²) in [5.74, 6) is 2.80. The molecule has 0 saturated heterocycles. The Morgan fingerprint density at radius 1 is 0.284 bits per heavy atom. The molecule has 5 nitrogen and oxygen atoms in total. The molecule has 348 valence electrons. The Labute approximate surface area is 430 Å². The van der Waals surface area contributed by atoms with Crippen LogP contribution in [0.3, 0.4) is 0 Å². The summed E-state index contributed by atoms with van der Waals surface area (Å²) in [5, 5.41) is 8.53. The highest BCUT2D eigenvalue weighted by molar-refractivity contribution is 6.07. The van der Waals surface area contributed by atoms with Crippen molar-refractivity contribution in [3.63, 3.8) is 0 Å². The molecule has 1 aliphatic rings. The molecule has 0 fully saturated rings. The first kappa shape index (κ1) is 44.1. The molecule has 74 heavy (non-hydrogen) atoms. The summed E-state index contributed by atoms with van der Waals surface area (Å²) in [6.07, 6.45) is 2.24. The topological polar surface area (TPSA) is 63.1 Å². The van der Waals surface area contributed by atoms with Gasteiger partial charge in [-0.25, -0.2) is 19.9 Å². The molecule has 2 heterocycles. The molecule has 0 spiro atoms. The van der Waals surface area contributed by atoms with E-state index in [-0.39, 0.29) is 6.04 Å². The predicted molar refractivity (Wildman–Crippen MR) is 306 cm³/mol. The van der Waals surface area contributed by atoms with Gasteiger partial charge in [0, 0.05) is 22.3 Å². The van der Waals surface area contributed by atoms with Gasteiger partial charge < -0.3 is 5.32 Å². The predicted octanol–water partition coefficient (Wildman–Crippen LogP) is 17.0. The third-order valence-corrected chi connectivity index (χ3v) is 14.0. The highest BCUT2D eigenvalue weighted by Crippen LogP contribution is 2.38. The van der Waals surface area contributed by atoms with Crippen molar-refractivity contribution in [1.29, 1.82) is 0 Å². The van der Waals surface area contributed by atoms with Crippen LogP contribution in [-0.4, -0.2) is 20.8 Å². The second-order valence-corrected chi connectivity index (χ2v) is 18.7. The molecule has 1 N–H and O–H groups in total. The molecule has 0 saturated carbocycles. The van der Waals surface area contributed by atoms with E-state index in [1.54, 1.807) is 0 Å². The van der Waals surface area contributed by atoms with Crippen LogP contribution in [0.1, 0.15) is 22.7 Å². The maximum Gasteiger partial charge on any atom is 0.164 e. The van der Waals surface area contributed by atoms with Crippen LogP contribution in [0, 0.1) is 0 Å². The van der Waals surface area contributed by atoms with Crippen LogP contribution in [0.25, 0.3) is 106 Å². The molecular weight excluding hydrogens is 899 g/mol. The van der Waals surface area contributed by atoms with Gasteiger partial charge in [-0.15, -0.1) is 0 Å². The summed E-state index contributed by atoms with van der Waals surface area (Å²) in [5.41, 5.74) is 16.5. The van der Waals surface area contributed by atoms with Crippen LogP contribution >= 0.6 is 0 Å². The Morgan fingerprint density at radius 2 is 0.649 bits per heavy atom. The minimum Gasteiger partial charge on any atom is -0.359 e. The molecule has 11 aromatic carbocycles. The average molecular weight is 946 g/mol. The van der Waals surface area contributed by atoms with Crippen LogP contribution in [0.5, 0.6) is 0 Å². The van der Waals surface area contributed by atoms with Crippen molar-refractivity contribution in [3.8, 4) is 78.7 Å². The molecule has 13 rings (SSSR count). The first-order valence-corrected chi connectivity index (χ1v) is 25.1. The summed E-state index contributed by atoms with van der Waals surface area (Å²) in [7, 11) is 0. The number of rotatable bonds is 10. The van der Waals surface area contributed by atoms with Gasteiger partial charge in [0.25, 0.3) is 0 Å². The Morgan fingerprint density at radius 3 is 1.14 bits per heavy atom. The van der Waals surface area contributed by atoms with Gasteiger partial charge in [-0.1, -0.05) is 255 Å². The quantitative estimate of drug-likeness (QED) is 0.148. The molecule has 1 aliphatic heterocycles. The normalized spacial score (nSPS) is 13.3. The smallest absolute Gasteiger partial charge is 0.164 e. The molecule has 0 aliphatic carbocycles. The maximum atomic E-state index is 5.18. The summed E-state index contributed by atoms with van der Waals surface area (Å²) in [6, 6.07) is 94.1. The number of nitrogens with one attached hydrogen (secondary N) is 1. The van der Waals surface area contributed by atoms with Crippen molar-refractivity contribution in [2.24, 2.45) is 4.99 Å². The Kier molecular flexibility index (Phi) is 11.6. The first-order chi connectivity index (χ1) is 36.6. The van der Waals surface area contributed by atoms with E-state index in [1.165, 1.54) is 54.9 Å². The lowest BCUT2D eigenvalue weighted by Gasteiger charge is -2.24. The highest BCUT2D eigenvalue weighted by atomic mass is 15.1. The second-order valence-electron chi connectivity index (χ2n) is 18.7. The van der Waals surface area contributed by atoms with E-state index in [9.17, 15) is 0 Å². The fourth-order valence-corrected chi connectivity index (χ4v) is 10.1. The summed E-state index contributed by atoms with van der Waals surface area (Å²) in [6.45, 7) is 0. The van der Waals surface area contributed by atoms with Crippen molar-refractivity contribution in [3.05, 3.63) is 290 Å². The highest BCUT2D eigenvalue weighted by Gasteiger charge is 2.21. The van der Waals surface area contributed by atoms with Gasteiger partial charge in [-0.05, 0) is 95.4 Å². The Balaban J connectivity index is 0.768. The minimum absolute atomic E-state index is 0.0440. The molecule has 1 atom stereocenters. The van der Waals surface area contributed by atoms with Crippen LogP contribution in [0.2, 0.25) is 0 Å². The largest absolute Gasteiger partial charge is 0.359 e. The number of aromatic nitrogens is 3. The van der Waals surface area contributed by atoms with Crippen LogP contribution in [-0.2, 0) is 0 Å². The molecule has 0 bridgehead atoms. The van der Waals surface area contributed by atoms with E-state index in [0.717, 1.165) is 56.0 Å². The van der Waals surface area contributed by atoms with Crippen LogP contribution in [0.4, 0.5) is 0 Å². The van der Waals surface area contributed by atoms with Crippen molar-refractivity contribution in [2.75, 3.05) is 0 Å². The van der Waals surface area contributed by atoms with Gasteiger partial charge >= 0.3 is 0 Å². The van der Waals surface area contributed by atoms with E-state index in [2.05, 4.69) is 212 Å². The fraction of sp³-hybridized carbons (Fsp3) is 0.0145. The monoisotopic (exact) mass is 945 g/mol. The first-order valence-electron chi connectivity index (χ1n) is 25.1. The number of nitrogens with zero attached hydrogens (tertiary/aromatic N) is 4. The second kappa shape index (κ2) is 19.4. The third-order valence-electron chi connectivity index (χ3n) is 14.0. The Bertz CT molecular complexity index is 3980. The summed E-state index contributed by atoms with van der Waals surface area (Å²) in [4.78, 5) is 19.9. The zero-order valence-electron chi connectivity index (χ0n) is 40.3. The fourth-order valence-electron chi connectivity index (χ4n) is 10.1. The van der Waals surface area contributed by atoms with Gasteiger partial charge in [-0.3, -0.25) is 0 Å². The van der Waals surface area contributed by atoms with Crippen molar-refractivity contribution < 1.29 is 0 Å². The lowest BCUT2D eigenvalue weighted by molar-refractivity contribution is 0.781. The standard InChI is InChI=1S/C69H47N5/c1-5-15-46(16-6-1)47-27-33-50(34-28-47)64-45-65(71-66(70-64)52-17-7-2-8-18-52)51-35-29-48(30-36-51)56-39-41-60-58(43-56)23-13-25-62(60)63-26-14-24-59-44-57(40-42-61(59)63)49-31-37-55(38-32-49)69-73-67(53-19-9-3-10-20-53)72-68(74-69)54-21-11-4-12-22-54/h1-45,64H,(H,70,71). The number of hydrogen-bond acceptors (Lipinski definition) is 5. The van der Waals surface area contributed by atoms with Crippen LogP contribution in [0.15, 0.2) is 278 Å². The van der Waals surface area contributed by atoms with Crippen molar-refractivity contribution in [2.45, 2.75) is 6.04 Å². The van der Waals surface area contributed by atoms with Gasteiger partial charge in [-0.2, -0.15) is 0 Å². The zero-order chi connectivity index (χ0) is 49.2. The number of hydrogen-bond donors (Lipinski definition) is 1. The van der Waals surface area contributed by atoms with E-state index in [4.69, 9.17) is 19.9 Å². The summed E-state index contributed by atoms with van der Waals surface area (Å²) >= 11 is 0. The molecule has 1 unspecified atom stereocenters. The Hall–Kier alpha value is -9.84. The van der Waals surface area contributed by atoms with E-state index >= 15 is 0 Å². The van der Waals surface area contributed by atoms with Gasteiger partial charge in [0.15, 0.2) is 17.5 Å². The van der Waals surface area contributed by atoms with E-state index < -0.39 is 0 Å². The number of benzene rings is 11. The molecular formula is C69H47N5. The molecule has 5 heteroatoms. The zero-order valence-corrected chi connectivity index (χ0v) is 40.3. The van der Waals surface area contributed by atoms with Gasteiger partial charge in [0.2, 0.25) is 0 Å². The molecule has 12 aromatic rings. The number of aliphatic imine (C=N–C) groups is 1. The number of fused-ring (bicyclic) bond motifs is 2. The lowest BCUT2D eigenvalue weighted by Crippen LogP contribution is -2.31. The maximum absolute atomic E-state index is 5.18. The van der Waals surface area contributed by atoms with Gasteiger partial charge in [0.05, 0.1) is 11.7 Å². The van der Waals surface area contributed by atoms with E-state index in [1.807, 2.05) is 66.7 Å². The summed E-state index contributed by atoms with van der Waals surface area (Å²) < 4.78 is 0. The van der Waals surface area contributed by atoms with Gasteiger partial charge in [0.1, 0.15) is 5.84 Å². The van der Waals surface area contributed by atoms with Crippen molar-refractivity contribution in [1.82, 2.24) is 20.3 Å². The molecule has 0 radical (unpaired) electrons. The SMILES string of the molecule is C1=C(c2ccc(-c3ccc4c(-c5cccc6cc(-c7ccc(-c8nc(-c9ccccc9)nc(-c9ccccc9)n8)cc7)ccc56)cccc4c3)cc2)N=C(c2ccccc2)NC1c1ccc(-c2ccccc2)cc1. The molecule has 0 amide bonds. The van der Waals surface area contributed by atoms with Crippen molar-refractivity contribution >= 4 is 33.1 Å². The average Bonchev–Trinajstić information content (AvgIpc) is 3.49. The third kappa shape index (κ3) is 8.84. The lowest BCUT2D eigenvalue weighted by atomic mass is 9.91. The van der Waals surface area contributed by atoms with E-state index in [0.29, 0.717) is 17.5 Å². The molecule has 1 aromatic heterocycles.